The molecule has 0 saturated heterocycles. The molecule has 0 unspecified atom stereocenters. The van der Waals surface area contributed by atoms with Crippen molar-refractivity contribution in [3.63, 3.8) is 0 Å². The first-order valence-corrected chi connectivity index (χ1v) is 11.7. The van der Waals surface area contributed by atoms with Gasteiger partial charge in [-0.2, -0.15) is 10.2 Å². The summed E-state index contributed by atoms with van der Waals surface area (Å²) in [5.74, 6) is 0.634. The maximum Gasteiger partial charge on any atom is 0.176 e. The Kier molecular flexibility index (Phi) is 7.24. The third kappa shape index (κ3) is 5.68. The van der Waals surface area contributed by atoms with Gasteiger partial charge < -0.3 is 10.6 Å². The largest absolute Gasteiger partial charge is 0.329 e. The minimum absolute atomic E-state index is 0.424. The molecule has 6 nitrogen and oxygen atoms in total. The van der Waals surface area contributed by atoms with E-state index in [1.165, 1.54) is 0 Å². The first kappa shape index (κ1) is 23.6. The highest BCUT2D eigenvalue weighted by atomic mass is 35.5. The van der Waals surface area contributed by atoms with Gasteiger partial charge in [0.15, 0.2) is 10.9 Å². The molecule has 4 rings (SSSR count). The number of halogens is 3. The number of aromatic nitrogens is 4. The normalized spacial score (nSPS) is 10.9. The molecule has 0 aliphatic heterocycles. The van der Waals surface area contributed by atoms with Gasteiger partial charge in [-0.15, -0.1) is 0 Å². The van der Waals surface area contributed by atoms with E-state index in [9.17, 15) is 0 Å². The van der Waals surface area contributed by atoms with E-state index < -0.39 is 0 Å². The molecule has 0 radical (unpaired) electrons. The average molecular weight is 520 g/mol. The molecule has 2 aromatic heterocycles. The molecule has 4 aromatic rings. The Morgan fingerprint density at radius 1 is 0.909 bits per heavy atom. The Morgan fingerprint density at radius 2 is 1.67 bits per heavy atom. The third-order valence-electron chi connectivity index (χ3n) is 5.13. The van der Waals surface area contributed by atoms with E-state index >= 15 is 0 Å². The fourth-order valence-corrected chi connectivity index (χ4v) is 4.29. The Labute approximate surface area is 212 Å². The zero-order chi connectivity index (χ0) is 23.5. The van der Waals surface area contributed by atoms with Crippen LogP contribution in [0.3, 0.4) is 0 Å². The molecule has 2 N–H and O–H groups in total. The van der Waals surface area contributed by atoms with Crippen molar-refractivity contribution in [2.75, 3.05) is 10.6 Å². The van der Waals surface area contributed by atoms with Crippen molar-refractivity contribution >= 4 is 63.6 Å². The quantitative estimate of drug-likeness (QED) is 0.282. The number of aryl methyl sites for hydroxylation is 1. The first-order valence-electron chi connectivity index (χ1n) is 10.1. The molecular weight excluding hydrogens is 499 g/mol. The molecule has 0 aliphatic rings. The monoisotopic (exact) mass is 518 g/mol. The number of benzene rings is 2. The van der Waals surface area contributed by atoms with Crippen LogP contribution < -0.4 is 10.6 Å². The van der Waals surface area contributed by atoms with Gasteiger partial charge in [0.25, 0.3) is 0 Å². The zero-order valence-corrected chi connectivity index (χ0v) is 21.0. The van der Waals surface area contributed by atoms with Crippen LogP contribution in [-0.2, 0) is 13.1 Å². The van der Waals surface area contributed by atoms with Gasteiger partial charge in [0.1, 0.15) is 0 Å². The van der Waals surface area contributed by atoms with Gasteiger partial charge in [0.05, 0.1) is 30.2 Å². The summed E-state index contributed by atoms with van der Waals surface area (Å²) in [6, 6.07) is 15.0. The maximum atomic E-state index is 6.33. The van der Waals surface area contributed by atoms with Gasteiger partial charge in [-0.25, -0.2) is 0 Å². The van der Waals surface area contributed by atoms with Crippen LogP contribution >= 0.6 is 47.0 Å². The van der Waals surface area contributed by atoms with E-state index in [1.54, 1.807) is 10.7 Å². The summed E-state index contributed by atoms with van der Waals surface area (Å²) in [4.78, 5) is 0. The number of hydrogen-bond donors (Lipinski definition) is 2. The highest BCUT2D eigenvalue weighted by Gasteiger charge is 2.15. The van der Waals surface area contributed by atoms with Crippen molar-refractivity contribution < 1.29 is 0 Å². The highest BCUT2D eigenvalue weighted by Crippen LogP contribution is 2.25. The summed E-state index contributed by atoms with van der Waals surface area (Å²) in [5, 5.41) is 17.9. The molecule has 0 amide bonds. The molecule has 10 heteroatoms. The lowest BCUT2D eigenvalue weighted by Gasteiger charge is -2.10. The topological polar surface area (TPSA) is 59.7 Å². The lowest BCUT2D eigenvalue weighted by Crippen LogP contribution is -2.20. The molecule has 0 bridgehead atoms. The van der Waals surface area contributed by atoms with Crippen LogP contribution in [0.1, 0.15) is 22.5 Å². The Bertz CT molecular complexity index is 1310. The predicted molar refractivity (Wildman–Crippen MR) is 140 cm³/mol. The molecule has 0 aliphatic carbocycles. The van der Waals surface area contributed by atoms with Crippen LogP contribution in [0.2, 0.25) is 15.1 Å². The number of thiocarbonyl (C=S) groups is 1. The number of anilines is 2. The number of rotatable bonds is 6. The van der Waals surface area contributed by atoms with Crippen LogP contribution in [0.25, 0.3) is 0 Å². The highest BCUT2D eigenvalue weighted by molar-refractivity contribution is 7.80. The second-order valence-corrected chi connectivity index (χ2v) is 9.17. The van der Waals surface area contributed by atoms with Crippen molar-refractivity contribution in [1.82, 2.24) is 19.6 Å². The van der Waals surface area contributed by atoms with Crippen molar-refractivity contribution in [3.05, 3.63) is 92.3 Å². The van der Waals surface area contributed by atoms with Gasteiger partial charge in [-0.3, -0.25) is 9.36 Å². The van der Waals surface area contributed by atoms with E-state index in [4.69, 9.17) is 47.0 Å². The number of nitrogens with one attached hydrogen (secondary N) is 2. The summed E-state index contributed by atoms with van der Waals surface area (Å²) in [7, 11) is 0. The van der Waals surface area contributed by atoms with E-state index in [0.717, 1.165) is 28.2 Å². The van der Waals surface area contributed by atoms with Gasteiger partial charge in [-0.1, -0.05) is 59.1 Å². The summed E-state index contributed by atoms with van der Waals surface area (Å²) < 4.78 is 3.68. The lowest BCUT2D eigenvalue weighted by molar-refractivity contribution is 0.659. The summed E-state index contributed by atoms with van der Waals surface area (Å²) in [5.41, 5.74) is 4.53. The predicted octanol–water partition coefficient (Wildman–Crippen LogP) is 6.56. The van der Waals surface area contributed by atoms with Gasteiger partial charge >= 0.3 is 0 Å². The van der Waals surface area contributed by atoms with Gasteiger partial charge in [0, 0.05) is 27.3 Å². The Balaban J connectivity index is 1.42. The molecular formula is C23H21Cl3N6S. The fourth-order valence-electron chi connectivity index (χ4n) is 3.42. The third-order valence-corrected chi connectivity index (χ3v) is 6.29. The minimum atomic E-state index is 0.424. The summed E-state index contributed by atoms with van der Waals surface area (Å²) in [6.07, 6.45) is 1.87. The van der Waals surface area contributed by atoms with E-state index in [2.05, 4.69) is 20.8 Å². The van der Waals surface area contributed by atoms with Crippen LogP contribution in [0.5, 0.6) is 0 Å². The lowest BCUT2D eigenvalue weighted by atomic mass is 10.2. The van der Waals surface area contributed by atoms with E-state index in [0.29, 0.717) is 39.1 Å². The standard InChI is InChI=1S/C23H21Cl3N6S/c1-14-22(15(2)32(29-14)13-17-7-8-18(24)11-20(17)26)28-23(33)27-21-9-10-31(30-21)12-16-5-3-4-6-19(16)25/h3-11H,12-13H2,1-2H3,(H2,27,28,30,33). The van der Waals surface area contributed by atoms with Crippen molar-refractivity contribution in [2.24, 2.45) is 0 Å². The van der Waals surface area contributed by atoms with Crippen LogP contribution in [0, 0.1) is 13.8 Å². The molecule has 2 aromatic carbocycles. The van der Waals surface area contributed by atoms with Crippen molar-refractivity contribution in [1.29, 1.82) is 0 Å². The Hall–Kier alpha value is -2.58. The maximum absolute atomic E-state index is 6.33. The average Bonchev–Trinajstić information content (AvgIpc) is 3.31. The van der Waals surface area contributed by atoms with Crippen LogP contribution in [-0.4, -0.2) is 24.7 Å². The van der Waals surface area contributed by atoms with Gasteiger partial charge in [0.2, 0.25) is 0 Å². The molecule has 0 atom stereocenters. The van der Waals surface area contributed by atoms with Crippen LogP contribution in [0.4, 0.5) is 11.5 Å². The van der Waals surface area contributed by atoms with E-state index in [1.807, 2.05) is 67.2 Å². The number of hydrogen-bond acceptors (Lipinski definition) is 3. The zero-order valence-electron chi connectivity index (χ0n) is 17.9. The molecule has 2 heterocycles. The molecule has 33 heavy (non-hydrogen) atoms. The SMILES string of the molecule is Cc1nn(Cc2ccc(Cl)cc2Cl)c(C)c1NC(=S)Nc1ccn(Cc2ccccc2Cl)n1. The van der Waals surface area contributed by atoms with Crippen LogP contribution in [0.15, 0.2) is 54.7 Å². The molecule has 0 fully saturated rings. The smallest absolute Gasteiger partial charge is 0.176 e. The second-order valence-electron chi connectivity index (χ2n) is 7.51. The summed E-state index contributed by atoms with van der Waals surface area (Å²) >= 11 is 24.1. The Morgan fingerprint density at radius 3 is 2.42 bits per heavy atom. The number of nitrogens with zero attached hydrogens (tertiary/aromatic N) is 4. The summed E-state index contributed by atoms with van der Waals surface area (Å²) in [6.45, 7) is 5.00. The first-order chi connectivity index (χ1) is 15.8. The van der Waals surface area contributed by atoms with Crippen molar-refractivity contribution in [2.45, 2.75) is 26.9 Å². The minimum Gasteiger partial charge on any atom is -0.329 e. The second kappa shape index (κ2) is 10.1. The van der Waals surface area contributed by atoms with Gasteiger partial charge in [-0.05, 0) is 55.4 Å². The fraction of sp³-hybridized carbons (Fsp3) is 0.174. The van der Waals surface area contributed by atoms with Crippen molar-refractivity contribution in [3.8, 4) is 0 Å². The molecule has 0 spiro atoms. The van der Waals surface area contributed by atoms with E-state index in [-0.39, 0.29) is 0 Å². The molecule has 0 saturated carbocycles. The molecule has 170 valence electrons.